The fraction of sp³-hybridized carbons (Fsp3) is 0.650. The summed E-state index contributed by atoms with van der Waals surface area (Å²) in [7, 11) is 0. The molecule has 0 aromatic heterocycles. The van der Waals surface area contributed by atoms with E-state index in [0.29, 0.717) is 22.9 Å². The van der Waals surface area contributed by atoms with Crippen molar-refractivity contribution in [3.05, 3.63) is 70.8 Å². The summed E-state index contributed by atoms with van der Waals surface area (Å²) in [5, 5.41) is 0. The lowest BCUT2D eigenvalue weighted by Gasteiger charge is -2.57. The van der Waals surface area contributed by atoms with E-state index >= 15 is 0 Å². The highest BCUT2D eigenvalue weighted by atomic mass is 14.9. The van der Waals surface area contributed by atoms with Gasteiger partial charge in [-0.05, 0) is 158 Å². The molecular formula is C40H50N2. The second kappa shape index (κ2) is 10.2. The van der Waals surface area contributed by atoms with Crippen molar-refractivity contribution in [3.63, 3.8) is 0 Å². The van der Waals surface area contributed by atoms with Gasteiger partial charge in [-0.1, -0.05) is 61.4 Å². The summed E-state index contributed by atoms with van der Waals surface area (Å²) in [6.07, 6.45) is 27.0. The molecular weight excluding hydrogens is 508 g/mol. The summed E-state index contributed by atoms with van der Waals surface area (Å²) in [5.41, 5.74) is 6.88. The molecule has 9 aliphatic rings. The fourth-order valence-electron chi connectivity index (χ4n) is 12.9. The van der Waals surface area contributed by atoms with Crippen molar-refractivity contribution in [3.8, 4) is 0 Å². The Morgan fingerprint density at radius 3 is 1.17 bits per heavy atom. The van der Waals surface area contributed by atoms with Gasteiger partial charge in [-0.25, -0.2) is 0 Å². The number of aliphatic imine (C=N–C) groups is 2. The average Bonchev–Trinajstić information content (AvgIpc) is 2.98. The Morgan fingerprint density at radius 2 is 0.810 bits per heavy atom. The molecule has 9 fully saturated rings. The normalized spacial score (nSPS) is 43.6. The van der Waals surface area contributed by atoms with E-state index in [9.17, 15) is 0 Å². The number of benzene rings is 2. The topological polar surface area (TPSA) is 24.7 Å². The van der Waals surface area contributed by atoms with E-state index in [-0.39, 0.29) is 0 Å². The van der Waals surface area contributed by atoms with Crippen LogP contribution in [0.25, 0.3) is 0 Å². The Bertz CT molecular complexity index is 1210. The van der Waals surface area contributed by atoms with Gasteiger partial charge in [-0.3, -0.25) is 9.98 Å². The summed E-state index contributed by atoms with van der Waals surface area (Å²) in [6, 6.07) is 19.3. The number of hydrogen-bond acceptors (Lipinski definition) is 2. The van der Waals surface area contributed by atoms with Gasteiger partial charge in [0.05, 0.1) is 12.1 Å². The fourth-order valence-corrected chi connectivity index (χ4v) is 12.9. The van der Waals surface area contributed by atoms with Crippen molar-refractivity contribution in [2.24, 2.45) is 45.5 Å². The molecule has 0 amide bonds. The van der Waals surface area contributed by atoms with E-state index in [2.05, 4.69) is 61.0 Å². The Hall–Kier alpha value is -2.22. The van der Waals surface area contributed by atoms with Gasteiger partial charge in [0, 0.05) is 12.4 Å². The first-order chi connectivity index (χ1) is 20.6. The second-order valence-corrected chi connectivity index (χ2v) is 16.5. The van der Waals surface area contributed by atoms with Crippen molar-refractivity contribution in [2.75, 3.05) is 0 Å². The third-order valence-electron chi connectivity index (χ3n) is 13.6. The van der Waals surface area contributed by atoms with E-state index < -0.39 is 0 Å². The Morgan fingerprint density at radius 1 is 0.476 bits per heavy atom. The minimum absolute atomic E-state index is 0.311. The van der Waals surface area contributed by atoms with Gasteiger partial charge in [0.2, 0.25) is 0 Å². The maximum Gasteiger partial charge on any atom is 0.0723 e. The van der Waals surface area contributed by atoms with E-state index in [1.807, 2.05) is 0 Å². The first kappa shape index (κ1) is 26.2. The average molecular weight is 559 g/mol. The Kier molecular flexibility index (Phi) is 6.34. The predicted molar refractivity (Wildman–Crippen MR) is 174 cm³/mol. The zero-order valence-electron chi connectivity index (χ0n) is 25.6. The van der Waals surface area contributed by atoms with Gasteiger partial charge < -0.3 is 0 Å². The molecule has 11 rings (SSSR count). The number of nitrogens with zero attached hydrogens (tertiary/aromatic N) is 2. The molecule has 2 atom stereocenters. The molecule has 0 radical (unpaired) electrons. The molecule has 0 saturated heterocycles. The largest absolute Gasteiger partial charge is 0.287 e. The molecule has 2 heteroatoms. The van der Waals surface area contributed by atoms with Crippen LogP contribution < -0.4 is 0 Å². The van der Waals surface area contributed by atoms with Crippen molar-refractivity contribution >= 4 is 12.4 Å². The van der Waals surface area contributed by atoms with Crippen LogP contribution in [0.1, 0.15) is 125 Å². The van der Waals surface area contributed by atoms with Crippen molar-refractivity contribution in [1.29, 1.82) is 0 Å². The van der Waals surface area contributed by atoms with Gasteiger partial charge in [0.15, 0.2) is 0 Å². The van der Waals surface area contributed by atoms with Gasteiger partial charge in [0.25, 0.3) is 0 Å². The molecule has 0 unspecified atom stereocenters. The van der Waals surface area contributed by atoms with Crippen LogP contribution >= 0.6 is 0 Å². The quantitative estimate of drug-likeness (QED) is 0.316. The molecule has 220 valence electrons. The molecule has 2 aromatic rings. The summed E-state index contributed by atoms with van der Waals surface area (Å²) < 4.78 is 0. The molecule has 0 spiro atoms. The molecule has 42 heavy (non-hydrogen) atoms. The van der Waals surface area contributed by atoms with Crippen molar-refractivity contribution < 1.29 is 0 Å². The minimum atomic E-state index is 0.311. The maximum absolute atomic E-state index is 5.37. The smallest absolute Gasteiger partial charge is 0.0723 e. The van der Waals surface area contributed by atoms with Crippen LogP contribution in [-0.2, 0) is 10.8 Å². The number of hydrogen-bond donors (Lipinski definition) is 0. The standard InChI is InChI=1S/C40H50N2/c1-3-9-35(39-19-27-13-28(20-39)15-29(14-27)21-39)33(7-1)25-41-37-11-5-6-12-38(37)42-26-34-8-2-4-10-36(34)40-22-30-16-31(23-40)18-32(17-30)24-40/h1-4,7-10,25-32,37-38H,5-6,11-24H2/t27?,28?,29?,30?,31?,32?,37-,38-,39?,40?/m1/s1. The molecule has 9 aliphatic carbocycles. The zero-order valence-corrected chi connectivity index (χ0v) is 25.6. The van der Waals surface area contributed by atoms with Crippen molar-refractivity contribution in [1.82, 2.24) is 0 Å². The Balaban J connectivity index is 0.973. The van der Waals surface area contributed by atoms with Crippen LogP contribution in [0.4, 0.5) is 0 Å². The predicted octanol–water partition coefficient (Wildman–Crippen LogP) is 9.47. The molecule has 8 bridgehead atoms. The molecule has 2 aromatic carbocycles. The molecule has 9 saturated carbocycles. The summed E-state index contributed by atoms with van der Waals surface area (Å²) in [5.74, 6) is 5.83. The van der Waals surface area contributed by atoms with Gasteiger partial charge in [0.1, 0.15) is 0 Å². The SMILES string of the molecule is C(=N[C@@H]1CCCC[C@H]1N=Cc1ccccc1C12CC3CC(CC(C3)C1)C2)c1ccccc1C12CC3CC(CC(C3)C1)C2. The minimum Gasteiger partial charge on any atom is -0.287 e. The monoisotopic (exact) mass is 558 g/mol. The summed E-state index contributed by atoms with van der Waals surface area (Å²) in [6.45, 7) is 0. The maximum atomic E-state index is 5.37. The lowest BCUT2D eigenvalue weighted by molar-refractivity contribution is -0.00536. The lowest BCUT2D eigenvalue weighted by Crippen LogP contribution is -2.49. The van der Waals surface area contributed by atoms with Crippen LogP contribution in [0.2, 0.25) is 0 Å². The van der Waals surface area contributed by atoms with Gasteiger partial charge in [-0.15, -0.1) is 0 Å². The summed E-state index contributed by atoms with van der Waals surface area (Å²) >= 11 is 0. The van der Waals surface area contributed by atoms with E-state index in [1.54, 1.807) is 11.1 Å². The Labute approximate surface area is 253 Å². The molecule has 0 aliphatic heterocycles. The van der Waals surface area contributed by atoms with E-state index in [0.717, 1.165) is 35.5 Å². The lowest BCUT2D eigenvalue weighted by atomic mass is 9.47. The third kappa shape index (κ3) is 4.48. The molecule has 2 nitrogen and oxygen atoms in total. The highest BCUT2D eigenvalue weighted by molar-refractivity contribution is 5.84. The molecule has 0 N–H and O–H groups in total. The first-order valence-electron chi connectivity index (χ1n) is 17.9. The van der Waals surface area contributed by atoms with Gasteiger partial charge in [-0.2, -0.15) is 0 Å². The number of rotatable bonds is 6. The van der Waals surface area contributed by atoms with Crippen LogP contribution in [0, 0.1) is 35.5 Å². The zero-order chi connectivity index (χ0) is 27.7. The first-order valence-corrected chi connectivity index (χ1v) is 17.9. The van der Waals surface area contributed by atoms with E-state index in [1.165, 1.54) is 114 Å². The second-order valence-electron chi connectivity index (χ2n) is 16.5. The van der Waals surface area contributed by atoms with Crippen molar-refractivity contribution in [2.45, 2.75) is 126 Å². The highest BCUT2D eigenvalue weighted by Gasteiger charge is 2.53. The van der Waals surface area contributed by atoms with Crippen LogP contribution in [-0.4, -0.2) is 24.5 Å². The van der Waals surface area contributed by atoms with Crippen LogP contribution in [0.15, 0.2) is 58.5 Å². The van der Waals surface area contributed by atoms with E-state index in [4.69, 9.17) is 9.98 Å². The third-order valence-corrected chi connectivity index (χ3v) is 13.6. The molecule has 0 heterocycles. The highest BCUT2D eigenvalue weighted by Crippen LogP contribution is 2.62. The van der Waals surface area contributed by atoms with Gasteiger partial charge >= 0.3 is 0 Å². The van der Waals surface area contributed by atoms with Crippen LogP contribution in [0.5, 0.6) is 0 Å². The van der Waals surface area contributed by atoms with Crippen LogP contribution in [0.3, 0.4) is 0 Å². The summed E-state index contributed by atoms with van der Waals surface area (Å²) in [4.78, 5) is 10.7.